The molecule has 0 radical (unpaired) electrons. The van der Waals surface area contributed by atoms with Crippen LogP contribution in [0.3, 0.4) is 0 Å². The summed E-state index contributed by atoms with van der Waals surface area (Å²) in [6.45, 7) is 1.47. The Morgan fingerprint density at radius 1 is 1.24 bits per heavy atom. The molecule has 21 heavy (non-hydrogen) atoms. The van der Waals surface area contributed by atoms with Gasteiger partial charge >= 0.3 is 0 Å². The van der Waals surface area contributed by atoms with Crippen LogP contribution in [0.25, 0.3) is 0 Å². The van der Waals surface area contributed by atoms with E-state index in [1.165, 1.54) is 12.1 Å². The number of halogens is 1. The van der Waals surface area contributed by atoms with Crippen molar-refractivity contribution in [2.75, 3.05) is 23.3 Å². The van der Waals surface area contributed by atoms with Crippen molar-refractivity contribution in [3.63, 3.8) is 0 Å². The number of amides is 1. The molecule has 2 N–H and O–H groups in total. The Hall–Kier alpha value is -2.20. The van der Waals surface area contributed by atoms with Gasteiger partial charge in [0, 0.05) is 18.7 Å². The van der Waals surface area contributed by atoms with Gasteiger partial charge < -0.3 is 15.3 Å². The van der Waals surface area contributed by atoms with Crippen molar-refractivity contribution < 1.29 is 9.90 Å². The zero-order valence-corrected chi connectivity index (χ0v) is 12.1. The first-order valence-corrected chi connectivity index (χ1v) is 7.18. The van der Waals surface area contributed by atoms with Crippen molar-refractivity contribution in [1.29, 1.82) is 0 Å². The predicted molar refractivity (Wildman–Crippen MR) is 84.3 cm³/mol. The summed E-state index contributed by atoms with van der Waals surface area (Å²) >= 11 is 5.90. The second-order valence-corrected chi connectivity index (χ2v) is 5.33. The summed E-state index contributed by atoms with van der Waals surface area (Å²) in [6, 6.07) is 12.3. The molecule has 0 unspecified atom stereocenters. The normalized spacial score (nSPS) is 14.0. The Bertz CT molecular complexity index is 688. The highest BCUT2D eigenvalue weighted by Gasteiger charge is 2.22. The number of nitrogens with zero attached hydrogens (tertiary/aromatic N) is 1. The van der Waals surface area contributed by atoms with Crippen molar-refractivity contribution in [3.8, 4) is 5.75 Å². The number of carbonyl (C=O) groups excluding carboxylic acids is 1. The molecule has 0 spiro atoms. The first kappa shape index (κ1) is 13.8. The van der Waals surface area contributed by atoms with E-state index in [4.69, 9.17) is 11.6 Å². The summed E-state index contributed by atoms with van der Waals surface area (Å²) in [5.41, 5.74) is 2.28. The zero-order chi connectivity index (χ0) is 14.8. The van der Waals surface area contributed by atoms with Gasteiger partial charge in [-0.15, -0.1) is 0 Å². The molecule has 1 amide bonds. The van der Waals surface area contributed by atoms with E-state index in [1.807, 2.05) is 24.3 Å². The third kappa shape index (κ3) is 2.67. The Morgan fingerprint density at radius 3 is 2.86 bits per heavy atom. The lowest BCUT2D eigenvalue weighted by atomic mass is 10.1. The summed E-state index contributed by atoms with van der Waals surface area (Å²) in [7, 11) is 0. The van der Waals surface area contributed by atoms with Crippen LogP contribution in [0.2, 0.25) is 5.02 Å². The molecule has 4 nitrogen and oxygen atoms in total. The molecule has 0 bridgehead atoms. The lowest BCUT2D eigenvalue weighted by Gasteiger charge is -2.22. The molecule has 0 saturated heterocycles. The number of rotatable bonds is 1. The molecule has 3 rings (SSSR count). The van der Waals surface area contributed by atoms with Gasteiger partial charge in [-0.25, -0.2) is 0 Å². The molecule has 2 aromatic rings. The fourth-order valence-electron chi connectivity index (χ4n) is 2.45. The van der Waals surface area contributed by atoms with E-state index in [9.17, 15) is 9.90 Å². The minimum Gasteiger partial charge on any atom is -0.506 e. The molecule has 108 valence electrons. The average molecular weight is 303 g/mol. The van der Waals surface area contributed by atoms with Crippen LogP contribution in [0, 0.1) is 0 Å². The van der Waals surface area contributed by atoms with E-state index >= 15 is 0 Å². The molecule has 0 saturated carbocycles. The summed E-state index contributed by atoms with van der Waals surface area (Å²) in [6.07, 6.45) is 0.867. The summed E-state index contributed by atoms with van der Waals surface area (Å²) in [5.74, 6) is -0.140. The smallest absolute Gasteiger partial charge is 0.258 e. The van der Waals surface area contributed by atoms with E-state index in [0.717, 1.165) is 24.3 Å². The lowest BCUT2D eigenvalue weighted by Crippen LogP contribution is -2.31. The number of carbonyl (C=O) groups is 1. The van der Waals surface area contributed by atoms with Crippen LogP contribution in [0.1, 0.15) is 16.8 Å². The monoisotopic (exact) mass is 302 g/mol. The molecule has 1 aliphatic heterocycles. The van der Waals surface area contributed by atoms with Crippen molar-refractivity contribution >= 4 is 28.9 Å². The van der Waals surface area contributed by atoms with E-state index < -0.39 is 0 Å². The summed E-state index contributed by atoms with van der Waals surface area (Å²) < 4.78 is 0. The maximum absolute atomic E-state index is 12.7. The Balaban J connectivity index is 1.99. The third-order valence-electron chi connectivity index (χ3n) is 3.51. The number of fused-ring (bicyclic) bond motifs is 1. The first-order chi connectivity index (χ1) is 10.2. The highest BCUT2D eigenvalue weighted by atomic mass is 35.5. The van der Waals surface area contributed by atoms with Crippen LogP contribution in [-0.4, -0.2) is 24.1 Å². The minimum absolute atomic E-state index is 0.0221. The Morgan fingerprint density at radius 2 is 2.05 bits per heavy atom. The number of benzene rings is 2. The Labute approximate surface area is 128 Å². The summed E-state index contributed by atoms with van der Waals surface area (Å²) in [5, 5.41) is 13.0. The van der Waals surface area contributed by atoms with Crippen molar-refractivity contribution in [1.82, 2.24) is 0 Å². The Kier molecular flexibility index (Phi) is 3.71. The molecule has 0 aromatic heterocycles. The third-order valence-corrected chi connectivity index (χ3v) is 3.81. The number of aromatic hydroxyl groups is 1. The van der Waals surface area contributed by atoms with E-state index in [2.05, 4.69) is 5.32 Å². The fraction of sp³-hybridized carbons (Fsp3) is 0.188. The number of nitrogens with one attached hydrogen (secondary N) is 1. The number of hydrogen-bond donors (Lipinski definition) is 2. The molecule has 0 aliphatic carbocycles. The number of hydrogen-bond acceptors (Lipinski definition) is 3. The maximum atomic E-state index is 12.7. The van der Waals surface area contributed by atoms with Crippen molar-refractivity contribution in [2.24, 2.45) is 0 Å². The molecule has 0 fully saturated rings. The second kappa shape index (κ2) is 5.66. The number of phenolic OH excluding ortho intramolecular Hbond substituents is 1. The minimum atomic E-state index is -0.118. The van der Waals surface area contributed by atoms with Crippen molar-refractivity contribution in [3.05, 3.63) is 53.1 Å². The molecule has 1 aliphatic rings. The first-order valence-electron chi connectivity index (χ1n) is 6.80. The van der Waals surface area contributed by atoms with Gasteiger partial charge in [-0.05, 0) is 36.8 Å². The van der Waals surface area contributed by atoms with Gasteiger partial charge in [0.1, 0.15) is 5.75 Å². The standard InChI is InChI=1S/C16H15ClN2O2/c17-12-10-11(6-7-15(12)20)16(21)19-9-3-8-18-13-4-1-2-5-14(13)19/h1-2,4-7,10,18,20H,3,8-9H2. The predicted octanol–water partition coefficient (Wildman–Crippen LogP) is 3.51. The average Bonchev–Trinajstić information content (AvgIpc) is 2.71. The molecule has 0 atom stereocenters. The van der Waals surface area contributed by atoms with Gasteiger partial charge in [0.25, 0.3) is 5.91 Å². The topological polar surface area (TPSA) is 52.6 Å². The number of para-hydroxylation sites is 2. The van der Waals surface area contributed by atoms with E-state index in [0.29, 0.717) is 12.1 Å². The number of anilines is 2. The van der Waals surface area contributed by atoms with Gasteiger partial charge in [-0.3, -0.25) is 4.79 Å². The molecule has 5 heteroatoms. The molecular weight excluding hydrogens is 288 g/mol. The molecule has 1 heterocycles. The van der Waals surface area contributed by atoms with Crippen LogP contribution >= 0.6 is 11.6 Å². The maximum Gasteiger partial charge on any atom is 0.258 e. The largest absolute Gasteiger partial charge is 0.506 e. The van der Waals surface area contributed by atoms with Crippen LogP contribution in [-0.2, 0) is 0 Å². The van der Waals surface area contributed by atoms with Crippen LogP contribution in [0.5, 0.6) is 5.75 Å². The number of phenols is 1. The highest BCUT2D eigenvalue weighted by molar-refractivity contribution is 6.32. The van der Waals surface area contributed by atoms with Gasteiger partial charge in [0.05, 0.1) is 16.4 Å². The van der Waals surface area contributed by atoms with Gasteiger partial charge in [-0.2, -0.15) is 0 Å². The molecule has 2 aromatic carbocycles. The SMILES string of the molecule is O=C(c1ccc(O)c(Cl)c1)N1CCCNc2ccccc21. The quantitative estimate of drug-likeness (QED) is 0.847. The summed E-state index contributed by atoms with van der Waals surface area (Å²) in [4.78, 5) is 14.5. The van der Waals surface area contributed by atoms with Gasteiger partial charge in [0.2, 0.25) is 0 Å². The second-order valence-electron chi connectivity index (χ2n) is 4.92. The van der Waals surface area contributed by atoms with Gasteiger partial charge in [0.15, 0.2) is 0 Å². The lowest BCUT2D eigenvalue weighted by molar-refractivity contribution is 0.0987. The fourth-order valence-corrected chi connectivity index (χ4v) is 2.63. The van der Waals surface area contributed by atoms with E-state index in [1.54, 1.807) is 11.0 Å². The zero-order valence-electron chi connectivity index (χ0n) is 11.3. The van der Waals surface area contributed by atoms with E-state index in [-0.39, 0.29) is 16.7 Å². The highest BCUT2D eigenvalue weighted by Crippen LogP contribution is 2.30. The van der Waals surface area contributed by atoms with Crippen molar-refractivity contribution in [2.45, 2.75) is 6.42 Å². The van der Waals surface area contributed by atoms with Crippen LogP contribution in [0.15, 0.2) is 42.5 Å². The van der Waals surface area contributed by atoms with Gasteiger partial charge in [-0.1, -0.05) is 23.7 Å². The van der Waals surface area contributed by atoms with Crippen LogP contribution in [0.4, 0.5) is 11.4 Å². The molecular formula is C16H15ClN2O2. The van der Waals surface area contributed by atoms with Crippen LogP contribution < -0.4 is 10.2 Å².